The van der Waals surface area contributed by atoms with Crippen LogP contribution in [-0.2, 0) is 16.0 Å². The summed E-state index contributed by atoms with van der Waals surface area (Å²) in [6, 6.07) is 12.1. The van der Waals surface area contributed by atoms with Crippen molar-refractivity contribution in [3.63, 3.8) is 0 Å². The van der Waals surface area contributed by atoms with E-state index in [4.69, 9.17) is 14.6 Å². The van der Waals surface area contributed by atoms with Crippen LogP contribution in [0.5, 0.6) is 0 Å². The highest BCUT2D eigenvalue weighted by Gasteiger charge is 2.24. The first-order valence-electron chi connectivity index (χ1n) is 7.39. The minimum absolute atomic E-state index is 0.152. The second kappa shape index (κ2) is 7.65. The lowest BCUT2D eigenvalue weighted by Gasteiger charge is -2.16. The van der Waals surface area contributed by atoms with E-state index in [2.05, 4.69) is 5.32 Å². The average Bonchev–Trinajstić information content (AvgIpc) is 3.10. The maximum absolute atomic E-state index is 14.4. The van der Waals surface area contributed by atoms with Crippen LogP contribution in [0.15, 0.2) is 52.3 Å². The van der Waals surface area contributed by atoms with E-state index in [9.17, 15) is 9.18 Å². The van der Waals surface area contributed by atoms with Gasteiger partial charge in [0, 0.05) is 17.0 Å². The molecule has 1 heterocycles. The van der Waals surface area contributed by atoms with Crippen molar-refractivity contribution in [3.8, 4) is 0 Å². The molecule has 1 aliphatic rings. The van der Waals surface area contributed by atoms with Gasteiger partial charge in [0.15, 0.2) is 6.29 Å². The zero-order valence-corrected chi connectivity index (χ0v) is 13.5. The van der Waals surface area contributed by atoms with E-state index >= 15 is 0 Å². The molecule has 0 unspecified atom stereocenters. The summed E-state index contributed by atoms with van der Waals surface area (Å²) in [5, 5.41) is 11.1. The summed E-state index contributed by atoms with van der Waals surface area (Å²) < 4.78 is 25.4. The van der Waals surface area contributed by atoms with Crippen molar-refractivity contribution in [2.75, 3.05) is 13.2 Å². The second-order valence-corrected chi connectivity index (χ2v) is 6.15. The molecule has 0 atom stereocenters. The Morgan fingerprint density at radius 3 is 2.71 bits per heavy atom. The maximum atomic E-state index is 14.4. The third-order valence-corrected chi connectivity index (χ3v) is 4.74. The Bertz CT molecular complexity index is 734. The summed E-state index contributed by atoms with van der Waals surface area (Å²) >= 11 is 1.24. The molecule has 1 aliphatic heterocycles. The van der Waals surface area contributed by atoms with Crippen LogP contribution in [0.3, 0.4) is 0 Å². The van der Waals surface area contributed by atoms with Gasteiger partial charge in [-0.2, -0.15) is 0 Å². The number of amides is 1. The van der Waals surface area contributed by atoms with Gasteiger partial charge >= 0.3 is 6.09 Å². The third kappa shape index (κ3) is 3.87. The first kappa shape index (κ1) is 16.8. The molecule has 3 rings (SSSR count). The van der Waals surface area contributed by atoms with E-state index < -0.39 is 12.4 Å². The molecule has 2 N–H and O–H groups in total. The van der Waals surface area contributed by atoms with Crippen LogP contribution in [0.25, 0.3) is 0 Å². The van der Waals surface area contributed by atoms with E-state index in [-0.39, 0.29) is 12.4 Å². The molecule has 24 heavy (non-hydrogen) atoms. The van der Waals surface area contributed by atoms with Crippen LogP contribution in [0.4, 0.5) is 9.18 Å². The summed E-state index contributed by atoms with van der Waals surface area (Å²) in [4.78, 5) is 11.9. The van der Waals surface area contributed by atoms with Crippen LogP contribution in [-0.4, -0.2) is 24.4 Å². The van der Waals surface area contributed by atoms with Crippen LogP contribution < -0.4 is 5.32 Å². The molecule has 0 aliphatic carbocycles. The van der Waals surface area contributed by atoms with Gasteiger partial charge in [-0.3, -0.25) is 0 Å². The van der Waals surface area contributed by atoms with Gasteiger partial charge in [-0.05, 0) is 17.7 Å². The Hall–Kier alpha value is -2.09. The van der Waals surface area contributed by atoms with Crippen molar-refractivity contribution in [2.24, 2.45) is 0 Å². The number of hydrogen-bond acceptors (Lipinski definition) is 4. The molecule has 5 nitrogen and oxygen atoms in total. The Kier molecular flexibility index (Phi) is 5.34. The number of benzene rings is 2. The quantitative estimate of drug-likeness (QED) is 0.860. The smallest absolute Gasteiger partial charge is 0.404 e. The molecule has 2 aromatic carbocycles. The number of carbonyl (C=O) groups is 1. The number of rotatable bonds is 5. The fourth-order valence-corrected chi connectivity index (χ4v) is 3.47. The molecule has 1 amide bonds. The SMILES string of the molecule is O=C(O)NCc1ccccc1Sc1c(F)cccc1C1OCCO1. The van der Waals surface area contributed by atoms with Gasteiger partial charge < -0.3 is 19.9 Å². The lowest BCUT2D eigenvalue weighted by molar-refractivity contribution is -0.0463. The number of nitrogens with one attached hydrogen (secondary N) is 1. The predicted molar refractivity (Wildman–Crippen MR) is 86.5 cm³/mol. The minimum Gasteiger partial charge on any atom is -0.465 e. The number of halogens is 1. The second-order valence-electron chi connectivity index (χ2n) is 5.10. The third-order valence-electron chi connectivity index (χ3n) is 3.49. The van der Waals surface area contributed by atoms with E-state index in [1.807, 2.05) is 18.2 Å². The topological polar surface area (TPSA) is 67.8 Å². The Morgan fingerprint density at radius 1 is 1.21 bits per heavy atom. The number of ether oxygens (including phenoxy) is 2. The lowest BCUT2D eigenvalue weighted by atomic mass is 10.2. The Morgan fingerprint density at radius 2 is 1.96 bits per heavy atom. The van der Waals surface area contributed by atoms with Crippen LogP contribution in [0.1, 0.15) is 17.4 Å². The Labute approximate surface area is 142 Å². The van der Waals surface area contributed by atoms with Crippen molar-refractivity contribution in [1.82, 2.24) is 5.32 Å². The van der Waals surface area contributed by atoms with Gasteiger partial charge in [0.1, 0.15) is 5.82 Å². The van der Waals surface area contributed by atoms with E-state index in [0.29, 0.717) is 23.7 Å². The van der Waals surface area contributed by atoms with Crippen LogP contribution in [0.2, 0.25) is 0 Å². The lowest BCUT2D eigenvalue weighted by Crippen LogP contribution is -2.20. The van der Waals surface area contributed by atoms with Crippen molar-refractivity contribution in [2.45, 2.75) is 22.6 Å². The fourth-order valence-electron chi connectivity index (χ4n) is 2.39. The van der Waals surface area contributed by atoms with Crippen molar-refractivity contribution < 1.29 is 23.8 Å². The largest absolute Gasteiger partial charge is 0.465 e. The molecule has 2 aromatic rings. The fraction of sp³-hybridized carbons (Fsp3) is 0.235. The van der Waals surface area contributed by atoms with Crippen molar-refractivity contribution in [1.29, 1.82) is 0 Å². The summed E-state index contributed by atoms with van der Waals surface area (Å²) in [5.74, 6) is -0.363. The monoisotopic (exact) mass is 349 g/mol. The Balaban J connectivity index is 1.90. The van der Waals surface area contributed by atoms with Crippen molar-refractivity contribution >= 4 is 17.9 Å². The zero-order chi connectivity index (χ0) is 16.9. The van der Waals surface area contributed by atoms with Gasteiger partial charge in [0.05, 0.1) is 18.1 Å². The van der Waals surface area contributed by atoms with E-state index in [1.54, 1.807) is 18.2 Å². The molecule has 7 heteroatoms. The van der Waals surface area contributed by atoms with Crippen molar-refractivity contribution in [3.05, 3.63) is 59.4 Å². The maximum Gasteiger partial charge on any atom is 0.404 e. The molecule has 1 saturated heterocycles. The first-order valence-corrected chi connectivity index (χ1v) is 8.21. The average molecular weight is 349 g/mol. The molecule has 0 aromatic heterocycles. The minimum atomic E-state index is -1.10. The molecule has 0 radical (unpaired) electrons. The number of hydrogen-bond donors (Lipinski definition) is 2. The van der Waals surface area contributed by atoms with Gasteiger partial charge in [0.2, 0.25) is 0 Å². The predicted octanol–water partition coefficient (Wildman–Crippen LogP) is 3.79. The molecule has 0 saturated carbocycles. The van der Waals surface area contributed by atoms with Gasteiger partial charge in [-0.25, -0.2) is 9.18 Å². The number of carboxylic acid groups (broad SMARTS) is 1. The highest BCUT2D eigenvalue weighted by molar-refractivity contribution is 7.99. The molecule has 1 fully saturated rings. The molecule has 0 spiro atoms. The molecular weight excluding hydrogens is 333 g/mol. The summed E-state index contributed by atoms with van der Waals surface area (Å²) in [6.45, 7) is 1.10. The summed E-state index contributed by atoms with van der Waals surface area (Å²) in [5.41, 5.74) is 1.41. The van der Waals surface area contributed by atoms with E-state index in [0.717, 1.165) is 10.5 Å². The van der Waals surface area contributed by atoms with Crippen LogP contribution in [0, 0.1) is 5.82 Å². The van der Waals surface area contributed by atoms with E-state index in [1.165, 1.54) is 17.8 Å². The van der Waals surface area contributed by atoms with Gasteiger partial charge in [0.25, 0.3) is 0 Å². The standard InChI is InChI=1S/C17H16FNO4S/c18-13-6-3-5-12(16-22-8-9-23-16)15(13)24-14-7-2-1-4-11(14)10-19-17(20)21/h1-7,16,19H,8-10H2,(H,20,21). The summed E-state index contributed by atoms with van der Waals surface area (Å²) in [6.07, 6.45) is -1.68. The van der Waals surface area contributed by atoms with Crippen LogP contribution >= 0.6 is 11.8 Å². The molecule has 0 bridgehead atoms. The normalized spacial score (nSPS) is 14.7. The summed E-state index contributed by atoms with van der Waals surface area (Å²) in [7, 11) is 0. The highest BCUT2D eigenvalue weighted by atomic mass is 32.2. The van der Waals surface area contributed by atoms with Gasteiger partial charge in [-0.15, -0.1) is 0 Å². The first-order chi connectivity index (χ1) is 11.6. The molecular formula is C17H16FNO4S. The van der Waals surface area contributed by atoms with Gasteiger partial charge in [-0.1, -0.05) is 42.1 Å². The highest BCUT2D eigenvalue weighted by Crippen LogP contribution is 2.39. The molecule has 126 valence electrons. The zero-order valence-electron chi connectivity index (χ0n) is 12.7.